The monoisotopic (exact) mass is 415 g/mol. The average molecular weight is 416 g/mol. The Bertz CT molecular complexity index is 964. The molecule has 0 spiro atoms. The summed E-state index contributed by atoms with van der Waals surface area (Å²) in [6.45, 7) is 6.95. The molecule has 1 saturated heterocycles. The van der Waals surface area contributed by atoms with Gasteiger partial charge in [0.1, 0.15) is 6.10 Å². The van der Waals surface area contributed by atoms with E-state index in [9.17, 15) is 14.7 Å². The molecule has 4 heterocycles. The lowest BCUT2D eigenvalue weighted by molar-refractivity contribution is -0.142. The van der Waals surface area contributed by atoms with Crippen molar-refractivity contribution in [3.8, 4) is 0 Å². The van der Waals surface area contributed by atoms with Crippen LogP contribution in [0, 0.1) is 12.8 Å². The summed E-state index contributed by atoms with van der Waals surface area (Å²) in [5.74, 6) is 0.222. The first-order valence-corrected chi connectivity index (χ1v) is 11.1. The highest BCUT2D eigenvalue weighted by atomic mass is 32.1. The molecule has 2 aliphatic rings. The highest BCUT2D eigenvalue weighted by Crippen LogP contribution is 2.35. The van der Waals surface area contributed by atoms with Crippen molar-refractivity contribution < 1.29 is 9.90 Å². The van der Waals surface area contributed by atoms with E-state index < -0.39 is 6.10 Å². The lowest BCUT2D eigenvalue weighted by Gasteiger charge is -2.43. The van der Waals surface area contributed by atoms with Gasteiger partial charge in [-0.25, -0.2) is 0 Å². The lowest BCUT2D eigenvalue weighted by atomic mass is 9.82. The largest absolute Gasteiger partial charge is 0.384 e. The van der Waals surface area contributed by atoms with Crippen LogP contribution in [0.4, 0.5) is 0 Å². The van der Waals surface area contributed by atoms with Crippen molar-refractivity contribution in [3.05, 3.63) is 55.6 Å². The standard InChI is InChI=1S/C22H29N3O3S/c1-14-6-7-29-20(14)13-23(3)11-17-4-5-19-18-8-16(10-25(19)22(17)28)9-24(12-18)21(27)15(2)26/h4-7,15-16,18,26H,8-13H2,1-3H3/t15-,16-,18+/m0/s1. The molecule has 0 radical (unpaired) electrons. The molecular formula is C22H29N3O3S. The van der Waals surface area contributed by atoms with Crippen LogP contribution in [0.15, 0.2) is 28.4 Å². The Morgan fingerprint density at radius 2 is 2.07 bits per heavy atom. The van der Waals surface area contributed by atoms with Crippen LogP contribution in [0.2, 0.25) is 0 Å². The molecule has 4 rings (SSSR count). The Labute approximate surface area is 175 Å². The molecule has 2 aliphatic heterocycles. The van der Waals surface area contributed by atoms with Crippen molar-refractivity contribution in [1.82, 2.24) is 14.4 Å². The summed E-state index contributed by atoms with van der Waals surface area (Å²) in [6, 6.07) is 6.16. The number of pyridine rings is 1. The molecule has 0 unspecified atom stereocenters. The van der Waals surface area contributed by atoms with E-state index in [1.54, 1.807) is 16.2 Å². The predicted octanol–water partition coefficient (Wildman–Crippen LogP) is 2.18. The third-order valence-electron chi connectivity index (χ3n) is 6.17. The van der Waals surface area contributed by atoms with Crippen LogP contribution in [0.25, 0.3) is 0 Å². The van der Waals surface area contributed by atoms with Gasteiger partial charge in [-0.15, -0.1) is 11.3 Å². The second kappa shape index (κ2) is 8.05. The normalized spacial score (nSPS) is 21.9. The van der Waals surface area contributed by atoms with E-state index in [-0.39, 0.29) is 23.3 Å². The zero-order chi connectivity index (χ0) is 20.7. The van der Waals surface area contributed by atoms with Crippen molar-refractivity contribution in [1.29, 1.82) is 0 Å². The third-order valence-corrected chi connectivity index (χ3v) is 7.18. The predicted molar refractivity (Wildman–Crippen MR) is 114 cm³/mol. The second-order valence-corrected chi connectivity index (χ2v) is 9.62. The minimum absolute atomic E-state index is 0.0993. The van der Waals surface area contributed by atoms with Gasteiger partial charge >= 0.3 is 0 Å². The number of aliphatic hydroxyl groups is 1. The average Bonchev–Trinajstić information content (AvgIpc) is 3.08. The first-order chi connectivity index (χ1) is 13.8. The number of carbonyl (C=O) groups excluding carboxylic acids is 1. The Hall–Kier alpha value is -1.96. The molecule has 1 fully saturated rings. The molecule has 1 N–H and O–H groups in total. The maximum Gasteiger partial charge on any atom is 0.255 e. The van der Waals surface area contributed by atoms with E-state index in [0.717, 1.165) is 24.2 Å². The smallest absolute Gasteiger partial charge is 0.255 e. The number of aliphatic hydroxyl groups excluding tert-OH is 1. The fourth-order valence-electron chi connectivity index (χ4n) is 4.71. The van der Waals surface area contributed by atoms with Gasteiger partial charge in [-0.1, -0.05) is 6.07 Å². The van der Waals surface area contributed by atoms with E-state index in [2.05, 4.69) is 36.4 Å². The summed E-state index contributed by atoms with van der Waals surface area (Å²) in [4.78, 5) is 30.7. The highest BCUT2D eigenvalue weighted by Gasteiger charge is 2.37. The third kappa shape index (κ3) is 4.04. The molecule has 0 aliphatic carbocycles. The van der Waals surface area contributed by atoms with Crippen molar-refractivity contribution in [2.75, 3.05) is 20.1 Å². The maximum absolute atomic E-state index is 13.2. The number of piperidine rings is 1. The minimum Gasteiger partial charge on any atom is -0.384 e. The van der Waals surface area contributed by atoms with Gasteiger partial charge < -0.3 is 14.6 Å². The molecule has 29 heavy (non-hydrogen) atoms. The molecule has 156 valence electrons. The van der Waals surface area contributed by atoms with Crippen LogP contribution < -0.4 is 5.56 Å². The van der Waals surface area contributed by atoms with Gasteiger partial charge in [-0.05, 0) is 56.3 Å². The molecule has 7 heteroatoms. The van der Waals surface area contributed by atoms with Crippen LogP contribution in [0.3, 0.4) is 0 Å². The van der Waals surface area contributed by atoms with Crippen molar-refractivity contribution >= 4 is 17.2 Å². The first-order valence-electron chi connectivity index (χ1n) is 10.2. The van der Waals surface area contributed by atoms with Gasteiger partial charge in [0.15, 0.2) is 0 Å². The van der Waals surface area contributed by atoms with Crippen LogP contribution >= 0.6 is 11.3 Å². The van der Waals surface area contributed by atoms with Crippen LogP contribution in [0.5, 0.6) is 0 Å². The van der Waals surface area contributed by atoms with E-state index in [0.29, 0.717) is 26.2 Å². The lowest BCUT2D eigenvalue weighted by Crippen LogP contribution is -2.51. The van der Waals surface area contributed by atoms with Crippen molar-refractivity contribution in [2.45, 2.75) is 51.9 Å². The van der Waals surface area contributed by atoms with E-state index in [1.807, 2.05) is 10.6 Å². The molecule has 6 nitrogen and oxygen atoms in total. The summed E-state index contributed by atoms with van der Waals surface area (Å²) in [5, 5.41) is 11.8. The van der Waals surface area contributed by atoms with Gasteiger partial charge in [0.25, 0.3) is 11.5 Å². The zero-order valence-electron chi connectivity index (χ0n) is 17.3. The van der Waals surface area contributed by atoms with Crippen LogP contribution in [0.1, 0.15) is 41.0 Å². The Morgan fingerprint density at radius 3 is 2.76 bits per heavy atom. The molecule has 2 aromatic rings. The second-order valence-electron chi connectivity index (χ2n) is 8.62. The Morgan fingerprint density at radius 1 is 1.28 bits per heavy atom. The molecule has 0 saturated carbocycles. The van der Waals surface area contributed by atoms with Crippen molar-refractivity contribution in [3.63, 3.8) is 0 Å². The number of thiophene rings is 1. The number of amides is 1. The zero-order valence-corrected chi connectivity index (χ0v) is 18.1. The summed E-state index contributed by atoms with van der Waals surface area (Å²) < 4.78 is 1.93. The summed E-state index contributed by atoms with van der Waals surface area (Å²) in [5.41, 5.74) is 3.24. The van der Waals surface area contributed by atoms with Gasteiger partial charge in [0.05, 0.1) is 0 Å². The number of fused-ring (bicyclic) bond motifs is 4. The van der Waals surface area contributed by atoms with Crippen LogP contribution in [-0.4, -0.2) is 51.6 Å². The molecule has 1 amide bonds. The summed E-state index contributed by atoms with van der Waals surface area (Å²) in [6.07, 6.45) is 0.0286. The van der Waals surface area contributed by atoms with E-state index in [1.165, 1.54) is 17.4 Å². The number of rotatable bonds is 5. The van der Waals surface area contributed by atoms with Gasteiger partial charge in [-0.3, -0.25) is 14.5 Å². The SMILES string of the molecule is Cc1ccsc1CN(C)Cc1ccc2n(c1=O)C[C@H]1C[C@@H]2CN(C(=O)[C@H](C)O)C1. The number of nitrogens with zero attached hydrogens (tertiary/aromatic N) is 3. The molecular weight excluding hydrogens is 386 g/mol. The highest BCUT2D eigenvalue weighted by molar-refractivity contribution is 7.10. The van der Waals surface area contributed by atoms with E-state index >= 15 is 0 Å². The topological polar surface area (TPSA) is 65.8 Å². The molecule has 2 aromatic heterocycles. The van der Waals surface area contributed by atoms with Gasteiger partial charge in [0, 0.05) is 54.8 Å². The van der Waals surface area contributed by atoms with Crippen molar-refractivity contribution in [2.24, 2.45) is 5.92 Å². The molecule has 3 atom stereocenters. The van der Waals surface area contributed by atoms with Gasteiger partial charge in [0.2, 0.25) is 0 Å². The Kier molecular flexibility index (Phi) is 5.64. The number of hydrogen-bond acceptors (Lipinski definition) is 5. The number of aromatic nitrogens is 1. The van der Waals surface area contributed by atoms with Crippen LogP contribution in [-0.2, 0) is 24.4 Å². The molecule has 0 aromatic carbocycles. The van der Waals surface area contributed by atoms with Gasteiger partial charge in [-0.2, -0.15) is 0 Å². The number of carbonyl (C=O) groups is 1. The quantitative estimate of drug-likeness (QED) is 0.813. The first kappa shape index (κ1) is 20.3. The fraction of sp³-hybridized carbons (Fsp3) is 0.545. The molecule has 2 bridgehead atoms. The minimum atomic E-state index is -0.971. The Balaban J connectivity index is 1.52. The number of likely N-dealkylation sites (tertiary alicyclic amines) is 1. The summed E-state index contributed by atoms with van der Waals surface area (Å²) >= 11 is 1.76. The summed E-state index contributed by atoms with van der Waals surface area (Å²) in [7, 11) is 2.05. The maximum atomic E-state index is 13.2. The van der Waals surface area contributed by atoms with E-state index in [4.69, 9.17) is 0 Å². The number of aryl methyl sites for hydroxylation is 1. The number of hydrogen-bond donors (Lipinski definition) is 1. The fourth-order valence-corrected chi connectivity index (χ4v) is 5.70.